The Morgan fingerprint density at radius 1 is 1.62 bits per heavy atom. The van der Waals surface area contributed by atoms with Crippen molar-refractivity contribution in [2.24, 2.45) is 11.7 Å². The molecule has 0 radical (unpaired) electrons. The summed E-state index contributed by atoms with van der Waals surface area (Å²) < 4.78 is 1.80. The molecule has 0 aromatic carbocycles. The van der Waals surface area contributed by atoms with Crippen molar-refractivity contribution in [3.05, 3.63) is 18.0 Å². The van der Waals surface area contributed by atoms with Gasteiger partial charge in [-0.05, 0) is 18.4 Å². The molecule has 0 bridgehead atoms. The van der Waals surface area contributed by atoms with Crippen LogP contribution in [0.1, 0.15) is 19.4 Å². The second-order valence-corrected chi connectivity index (χ2v) is 4.34. The normalized spacial score (nSPS) is 12.8. The summed E-state index contributed by atoms with van der Waals surface area (Å²) >= 11 is 0. The second-order valence-electron chi connectivity index (χ2n) is 4.34. The molecule has 0 saturated carbocycles. The lowest BCUT2D eigenvalue weighted by atomic mass is 10.1. The SMILES string of the molecule is Cc1cnn(CCNC(=O)[C@@H](N)C(C)C)c1. The number of amides is 1. The summed E-state index contributed by atoms with van der Waals surface area (Å²) in [5, 5.41) is 6.92. The Hall–Kier alpha value is -1.36. The molecular formula is C11H20N4O. The summed E-state index contributed by atoms with van der Waals surface area (Å²) in [5.74, 6) is 0.0609. The van der Waals surface area contributed by atoms with Gasteiger partial charge in [-0.15, -0.1) is 0 Å². The molecule has 5 heteroatoms. The molecule has 5 nitrogen and oxygen atoms in total. The summed E-state index contributed by atoms with van der Waals surface area (Å²) in [4.78, 5) is 11.5. The van der Waals surface area contributed by atoms with E-state index in [0.29, 0.717) is 13.1 Å². The molecule has 0 unspecified atom stereocenters. The first kappa shape index (κ1) is 12.7. The monoisotopic (exact) mass is 224 g/mol. The van der Waals surface area contributed by atoms with Crippen LogP contribution in [-0.2, 0) is 11.3 Å². The van der Waals surface area contributed by atoms with Gasteiger partial charge in [0, 0.05) is 12.7 Å². The number of hydrogen-bond acceptors (Lipinski definition) is 3. The highest BCUT2D eigenvalue weighted by Gasteiger charge is 2.16. The van der Waals surface area contributed by atoms with Crippen molar-refractivity contribution in [1.82, 2.24) is 15.1 Å². The fourth-order valence-corrected chi connectivity index (χ4v) is 1.30. The third kappa shape index (κ3) is 3.66. The molecule has 0 aliphatic carbocycles. The van der Waals surface area contributed by atoms with Gasteiger partial charge in [0.15, 0.2) is 0 Å². The fourth-order valence-electron chi connectivity index (χ4n) is 1.30. The van der Waals surface area contributed by atoms with Gasteiger partial charge in [0.25, 0.3) is 0 Å². The van der Waals surface area contributed by atoms with Crippen molar-refractivity contribution in [2.45, 2.75) is 33.4 Å². The van der Waals surface area contributed by atoms with Gasteiger partial charge in [-0.3, -0.25) is 9.48 Å². The maximum atomic E-state index is 11.5. The van der Waals surface area contributed by atoms with Gasteiger partial charge in [0.05, 0.1) is 18.8 Å². The van der Waals surface area contributed by atoms with E-state index in [9.17, 15) is 4.79 Å². The van der Waals surface area contributed by atoms with Gasteiger partial charge < -0.3 is 11.1 Å². The number of nitrogens with zero attached hydrogens (tertiary/aromatic N) is 2. The van der Waals surface area contributed by atoms with Gasteiger partial charge in [0.2, 0.25) is 5.91 Å². The van der Waals surface area contributed by atoms with E-state index < -0.39 is 6.04 Å². The smallest absolute Gasteiger partial charge is 0.237 e. The van der Waals surface area contributed by atoms with Crippen molar-refractivity contribution >= 4 is 5.91 Å². The number of hydrogen-bond donors (Lipinski definition) is 2. The van der Waals surface area contributed by atoms with Crippen molar-refractivity contribution < 1.29 is 4.79 Å². The lowest BCUT2D eigenvalue weighted by Crippen LogP contribution is -2.44. The summed E-state index contributed by atoms with van der Waals surface area (Å²) in [5.41, 5.74) is 6.83. The van der Waals surface area contributed by atoms with E-state index in [1.807, 2.05) is 27.0 Å². The fraction of sp³-hybridized carbons (Fsp3) is 0.636. The summed E-state index contributed by atoms with van der Waals surface area (Å²) in [7, 11) is 0. The molecule has 0 spiro atoms. The zero-order chi connectivity index (χ0) is 12.1. The van der Waals surface area contributed by atoms with Crippen LogP contribution in [-0.4, -0.2) is 28.3 Å². The number of nitrogens with two attached hydrogens (primary N) is 1. The van der Waals surface area contributed by atoms with E-state index in [0.717, 1.165) is 5.56 Å². The van der Waals surface area contributed by atoms with E-state index >= 15 is 0 Å². The van der Waals surface area contributed by atoms with Crippen LogP contribution in [0.15, 0.2) is 12.4 Å². The van der Waals surface area contributed by atoms with Crippen LogP contribution in [0.5, 0.6) is 0 Å². The van der Waals surface area contributed by atoms with Crippen LogP contribution in [0.4, 0.5) is 0 Å². The molecular weight excluding hydrogens is 204 g/mol. The predicted molar refractivity (Wildman–Crippen MR) is 62.8 cm³/mol. The number of nitrogens with one attached hydrogen (secondary N) is 1. The van der Waals surface area contributed by atoms with Crippen molar-refractivity contribution in [1.29, 1.82) is 0 Å². The molecule has 1 heterocycles. The quantitative estimate of drug-likeness (QED) is 0.755. The van der Waals surface area contributed by atoms with Crippen molar-refractivity contribution in [2.75, 3.05) is 6.54 Å². The molecule has 1 aromatic rings. The molecule has 1 rings (SSSR count). The minimum absolute atomic E-state index is 0.0983. The molecule has 0 saturated heterocycles. The van der Waals surface area contributed by atoms with Gasteiger partial charge >= 0.3 is 0 Å². The number of carbonyl (C=O) groups is 1. The Labute approximate surface area is 96.0 Å². The Morgan fingerprint density at radius 2 is 2.31 bits per heavy atom. The number of carbonyl (C=O) groups excluding carboxylic acids is 1. The molecule has 16 heavy (non-hydrogen) atoms. The van der Waals surface area contributed by atoms with Crippen molar-refractivity contribution in [3.8, 4) is 0 Å². The van der Waals surface area contributed by atoms with Crippen LogP contribution in [0.25, 0.3) is 0 Å². The third-order valence-corrected chi connectivity index (χ3v) is 2.42. The standard InChI is InChI=1S/C11H20N4O/c1-8(2)10(12)11(16)13-4-5-15-7-9(3)6-14-15/h6-8,10H,4-5,12H2,1-3H3,(H,13,16)/t10-/m0/s1. The van der Waals surface area contributed by atoms with Gasteiger partial charge in [-0.25, -0.2) is 0 Å². The molecule has 1 atom stereocenters. The first-order valence-electron chi connectivity index (χ1n) is 5.53. The first-order chi connectivity index (χ1) is 7.50. The van der Waals surface area contributed by atoms with Crippen LogP contribution in [0.3, 0.4) is 0 Å². The van der Waals surface area contributed by atoms with Crippen LogP contribution in [0, 0.1) is 12.8 Å². The Morgan fingerprint density at radius 3 is 2.81 bits per heavy atom. The van der Waals surface area contributed by atoms with Crippen molar-refractivity contribution in [3.63, 3.8) is 0 Å². The van der Waals surface area contributed by atoms with E-state index in [4.69, 9.17) is 5.73 Å². The van der Waals surface area contributed by atoms with Crippen LogP contribution in [0.2, 0.25) is 0 Å². The number of aromatic nitrogens is 2. The Balaban J connectivity index is 2.28. The molecule has 0 aliphatic rings. The van der Waals surface area contributed by atoms with E-state index in [2.05, 4.69) is 10.4 Å². The third-order valence-electron chi connectivity index (χ3n) is 2.42. The highest BCUT2D eigenvalue weighted by atomic mass is 16.2. The minimum atomic E-state index is -0.431. The maximum absolute atomic E-state index is 11.5. The lowest BCUT2D eigenvalue weighted by Gasteiger charge is -2.15. The molecule has 0 fully saturated rings. The number of rotatable bonds is 5. The van der Waals surface area contributed by atoms with E-state index in [-0.39, 0.29) is 11.8 Å². The molecule has 3 N–H and O–H groups in total. The highest BCUT2D eigenvalue weighted by molar-refractivity contribution is 5.81. The first-order valence-corrected chi connectivity index (χ1v) is 5.53. The molecule has 1 aromatic heterocycles. The van der Waals surface area contributed by atoms with Gasteiger partial charge in [0.1, 0.15) is 0 Å². The van der Waals surface area contributed by atoms with Crippen LogP contribution < -0.4 is 11.1 Å². The Bertz CT molecular complexity index is 346. The average molecular weight is 224 g/mol. The van der Waals surface area contributed by atoms with Crippen LogP contribution >= 0.6 is 0 Å². The van der Waals surface area contributed by atoms with Gasteiger partial charge in [-0.1, -0.05) is 13.8 Å². The topological polar surface area (TPSA) is 72.9 Å². The molecule has 90 valence electrons. The number of aryl methyl sites for hydroxylation is 1. The summed E-state index contributed by atoms with van der Waals surface area (Å²) in [6.07, 6.45) is 3.73. The van der Waals surface area contributed by atoms with E-state index in [1.165, 1.54) is 0 Å². The molecule has 1 amide bonds. The summed E-state index contributed by atoms with van der Waals surface area (Å²) in [6.45, 7) is 7.07. The average Bonchev–Trinajstić information content (AvgIpc) is 2.62. The van der Waals surface area contributed by atoms with E-state index in [1.54, 1.807) is 10.9 Å². The largest absolute Gasteiger partial charge is 0.353 e. The minimum Gasteiger partial charge on any atom is -0.353 e. The summed E-state index contributed by atoms with van der Waals surface area (Å²) in [6, 6.07) is -0.431. The molecule has 0 aliphatic heterocycles. The maximum Gasteiger partial charge on any atom is 0.237 e. The van der Waals surface area contributed by atoms with Gasteiger partial charge in [-0.2, -0.15) is 5.10 Å². The highest BCUT2D eigenvalue weighted by Crippen LogP contribution is 1.97. The predicted octanol–water partition coefficient (Wildman–Crippen LogP) is 0.291. The zero-order valence-corrected chi connectivity index (χ0v) is 10.1. The lowest BCUT2D eigenvalue weighted by molar-refractivity contribution is -0.123. The second kappa shape index (κ2) is 5.65. The zero-order valence-electron chi connectivity index (χ0n) is 10.1. The Kier molecular flexibility index (Phi) is 4.49.